The van der Waals surface area contributed by atoms with Gasteiger partial charge in [-0.25, -0.2) is 4.98 Å². The van der Waals surface area contributed by atoms with Gasteiger partial charge in [-0.3, -0.25) is 0 Å². The summed E-state index contributed by atoms with van der Waals surface area (Å²) < 4.78 is 1.81. The smallest absolute Gasteiger partial charge is 0.202 e. The second-order valence-electron chi connectivity index (χ2n) is 2.10. The van der Waals surface area contributed by atoms with Crippen molar-refractivity contribution < 1.29 is 0 Å². The summed E-state index contributed by atoms with van der Waals surface area (Å²) in [5, 5.41) is 8.87. The van der Waals surface area contributed by atoms with Gasteiger partial charge in [0, 0.05) is 6.54 Å². The van der Waals surface area contributed by atoms with Crippen LogP contribution >= 0.6 is 11.6 Å². The summed E-state index contributed by atoms with van der Waals surface area (Å²) in [7, 11) is 0. The fraction of sp³-hybridized carbons (Fsp3) is 0.429. The van der Waals surface area contributed by atoms with Gasteiger partial charge in [-0.1, -0.05) is 0 Å². The first-order chi connectivity index (χ1) is 5.29. The Labute approximate surface area is 70.2 Å². The minimum absolute atomic E-state index is 0.369. The van der Waals surface area contributed by atoms with E-state index in [1.54, 1.807) is 6.20 Å². The Morgan fingerprint density at radius 2 is 2.55 bits per heavy atom. The summed E-state index contributed by atoms with van der Waals surface area (Å²) in [6.07, 6.45) is 2.00. The quantitative estimate of drug-likeness (QED) is 0.675. The second kappa shape index (κ2) is 3.40. The zero-order chi connectivity index (χ0) is 8.27. The lowest BCUT2D eigenvalue weighted by atomic mass is 10.3. The average Bonchev–Trinajstić information content (AvgIpc) is 2.33. The number of hydrogen-bond donors (Lipinski definition) is 0. The molecular formula is C7H8ClN3. The van der Waals surface area contributed by atoms with E-state index in [1.807, 2.05) is 11.5 Å². The summed E-state index contributed by atoms with van der Waals surface area (Å²) in [6.45, 7) is 2.73. The minimum Gasteiger partial charge on any atom is -0.318 e. The van der Waals surface area contributed by atoms with Crippen molar-refractivity contribution in [3.63, 3.8) is 0 Å². The molecule has 0 fully saturated rings. The van der Waals surface area contributed by atoms with Crippen molar-refractivity contribution >= 4 is 11.6 Å². The van der Waals surface area contributed by atoms with E-state index in [0.29, 0.717) is 11.7 Å². The van der Waals surface area contributed by atoms with Crippen LogP contribution in [0.3, 0.4) is 0 Å². The van der Waals surface area contributed by atoms with E-state index in [2.05, 4.69) is 11.1 Å². The molecule has 1 aromatic rings. The molecule has 58 valence electrons. The van der Waals surface area contributed by atoms with Gasteiger partial charge in [-0.2, -0.15) is 5.26 Å². The van der Waals surface area contributed by atoms with Crippen LogP contribution in [0.4, 0.5) is 0 Å². The third-order valence-corrected chi connectivity index (χ3v) is 1.77. The predicted octanol–water partition coefficient (Wildman–Crippen LogP) is 1.62. The highest BCUT2D eigenvalue weighted by Crippen LogP contribution is 2.10. The molecule has 0 unspecified atom stereocenters. The largest absolute Gasteiger partial charge is 0.318 e. The van der Waals surface area contributed by atoms with Crippen LogP contribution in [0.25, 0.3) is 0 Å². The fourth-order valence-electron chi connectivity index (χ4n) is 0.941. The molecule has 11 heavy (non-hydrogen) atoms. The number of halogens is 1. The summed E-state index contributed by atoms with van der Waals surface area (Å²) in [4.78, 5) is 3.88. The molecule has 0 radical (unpaired) electrons. The first-order valence-electron chi connectivity index (χ1n) is 3.36. The number of imidazole rings is 1. The van der Waals surface area contributed by atoms with Crippen molar-refractivity contribution in [3.05, 3.63) is 17.2 Å². The van der Waals surface area contributed by atoms with Crippen molar-refractivity contribution in [2.24, 2.45) is 0 Å². The van der Waals surface area contributed by atoms with Crippen LogP contribution in [0.5, 0.6) is 0 Å². The van der Waals surface area contributed by atoms with E-state index >= 15 is 0 Å². The van der Waals surface area contributed by atoms with E-state index in [9.17, 15) is 0 Å². The van der Waals surface area contributed by atoms with E-state index in [4.69, 9.17) is 16.9 Å². The highest BCUT2D eigenvalue weighted by Gasteiger charge is 2.04. The van der Waals surface area contributed by atoms with Gasteiger partial charge in [0.15, 0.2) is 0 Å². The number of nitrogens with zero attached hydrogens (tertiary/aromatic N) is 3. The van der Waals surface area contributed by atoms with Gasteiger partial charge >= 0.3 is 0 Å². The third-order valence-electron chi connectivity index (χ3n) is 1.47. The summed E-state index contributed by atoms with van der Waals surface area (Å²) >= 11 is 5.72. The molecule has 1 heterocycles. The Bertz CT molecular complexity index is 284. The number of rotatable bonds is 2. The summed E-state index contributed by atoms with van der Waals surface area (Å²) in [6, 6.07) is 2.05. The van der Waals surface area contributed by atoms with Gasteiger partial charge in [0.05, 0.1) is 24.4 Å². The first kappa shape index (κ1) is 8.09. The molecule has 0 N–H and O–H groups in total. The Morgan fingerprint density at radius 3 is 3.09 bits per heavy atom. The molecule has 0 atom stereocenters. The molecule has 1 aromatic heterocycles. The SMILES string of the molecule is CCn1c(CC#N)cnc1Cl. The van der Waals surface area contributed by atoms with Crippen LogP contribution in [0, 0.1) is 11.3 Å². The molecule has 1 rings (SSSR count). The van der Waals surface area contributed by atoms with Crippen molar-refractivity contribution in [1.29, 1.82) is 5.26 Å². The van der Waals surface area contributed by atoms with E-state index in [0.717, 1.165) is 12.2 Å². The lowest BCUT2D eigenvalue weighted by molar-refractivity contribution is 0.728. The first-order valence-corrected chi connectivity index (χ1v) is 3.74. The molecule has 0 spiro atoms. The molecule has 0 bridgehead atoms. The van der Waals surface area contributed by atoms with Crippen molar-refractivity contribution in [2.75, 3.05) is 0 Å². The minimum atomic E-state index is 0.369. The zero-order valence-electron chi connectivity index (χ0n) is 6.21. The fourth-order valence-corrected chi connectivity index (χ4v) is 1.22. The lowest BCUT2D eigenvalue weighted by Crippen LogP contribution is -1.99. The molecule has 0 aliphatic carbocycles. The number of nitriles is 1. The van der Waals surface area contributed by atoms with E-state index in [1.165, 1.54) is 0 Å². The van der Waals surface area contributed by atoms with Gasteiger partial charge in [-0.15, -0.1) is 0 Å². The Morgan fingerprint density at radius 1 is 1.82 bits per heavy atom. The van der Waals surface area contributed by atoms with Crippen molar-refractivity contribution in [2.45, 2.75) is 19.9 Å². The van der Waals surface area contributed by atoms with Gasteiger partial charge < -0.3 is 4.57 Å². The third kappa shape index (κ3) is 1.52. The molecule has 4 heteroatoms. The van der Waals surface area contributed by atoms with Crippen LogP contribution < -0.4 is 0 Å². The van der Waals surface area contributed by atoms with Crippen LogP contribution in [0.2, 0.25) is 5.28 Å². The monoisotopic (exact) mass is 169 g/mol. The van der Waals surface area contributed by atoms with Gasteiger partial charge in [0.25, 0.3) is 0 Å². The van der Waals surface area contributed by atoms with Crippen LogP contribution in [-0.4, -0.2) is 9.55 Å². The van der Waals surface area contributed by atoms with Crippen LogP contribution in [-0.2, 0) is 13.0 Å². The highest BCUT2D eigenvalue weighted by molar-refractivity contribution is 6.28. The van der Waals surface area contributed by atoms with E-state index in [-0.39, 0.29) is 0 Å². The molecule has 0 aliphatic heterocycles. The molecule has 0 saturated carbocycles. The summed E-state index contributed by atoms with van der Waals surface area (Å²) in [5.41, 5.74) is 0.875. The zero-order valence-corrected chi connectivity index (χ0v) is 6.97. The molecule has 0 saturated heterocycles. The maximum atomic E-state index is 8.41. The highest BCUT2D eigenvalue weighted by atomic mass is 35.5. The summed E-state index contributed by atoms with van der Waals surface area (Å²) in [5.74, 6) is 0. The number of hydrogen-bond acceptors (Lipinski definition) is 2. The van der Waals surface area contributed by atoms with Crippen LogP contribution in [0.1, 0.15) is 12.6 Å². The Kier molecular flexibility index (Phi) is 2.50. The van der Waals surface area contributed by atoms with Gasteiger partial charge in [0.2, 0.25) is 5.28 Å². The molecule has 3 nitrogen and oxygen atoms in total. The average molecular weight is 170 g/mol. The Hall–Kier alpha value is -1.01. The molecule has 0 aliphatic rings. The molecule has 0 aromatic carbocycles. The second-order valence-corrected chi connectivity index (χ2v) is 2.44. The van der Waals surface area contributed by atoms with Crippen LogP contribution in [0.15, 0.2) is 6.20 Å². The standard InChI is InChI=1S/C7H8ClN3/c1-2-11-6(3-4-9)5-10-7(11)8/h5H,2-3H2,1H3. The van der Waals surface area contributed by atoms with Crippen molar-refractivity contribution in [1.82, 2.24) is 9.55 Å². The van der Waals surface area contributed by atoms with E-state index < -0.39 is 0 Å². The maximum absolute atomic E-state index is 8.41. The normalized spacial score (nSPS) is 9.55. The predicted molar refractivity (Wildman–Crippen MR) is 42.2 cm³/mol. The Balaban J connectivity index is 2.97. The van der Waals surface area contributed by atoms with Gasteiger partial charge in [-0.05, 0) is 18.5 Å². The topological polar surface area (TPSA) is 41.6 Å². The van der Waals surface area contributed by atoms with Gasteiger partial charge in [0.1, 0.15) is 0 Å². The lowest BCUT2D eigenvalue weighted by Gasteiger charge is -2.00. The molecule has 0 amide bonds. The van der Waals surface area contributed by atoms with Crippen molar-refractivity contribution in [3.8, 4) is 6.07 Å². The maximum Gasteiger partial charge on any atom is 0.202 e. The molecular weight excluding hydrogens is 162 g/mol. The number of aromatic nitrogens is 2.